The van der Waals surface area contributed by atoms with E-state index in [0.717, 1.165) is 6.07 Å². The Labute approximate surface area is 186 Å². The van der Waals surface area contributed by atoms with Crippen molar-refractivity contribution in [2.75, 3.05) is 0 Å². The number of aliphatic carboxylic acids is 1. The first-order valence-electron chi connectivity index (χ1n) is 9.60. The second kappa shape index (κ2) is 9.36. The standard InChI is InChI=1S/C22H24F5NO3S/c1-11-6-7-16(23)12(2)19(11)13-8-14(20(24)15(9-13)22(25,26)27)17(10-18(29)30)28-32(31)21(3,4)5/h6-9,17,28H,10H2,1-5H3,(H,29,30)/t17?,32-/m1/s1. The van der Waals surface area contributed by atoms with E-state index in [1.165, 1.54) is 19.1 Å². The van der Waals surface area contributed by atoms with E-state index in [1.54, 1.807) is 27.7 Å². The largest absolute Gasteiger partial charge is 0.598 e. The van der Waals surface area contributed by atoms with Gasteiger partial charge in [0.2, 0.25) is 0 Å². The van der Waals surface area contributed by atoms with E-state index < -0.39 is 63.5 Å². The van der Waals surface area contributed by atoms with Gasteiger partial charge in [0.25, 0.3) is 0 Å². The van der Waals surface area contributed by atoms with Crippen LogP contribution in [0, 0.1) is 25.5 Å². The number of nitrogens with one attached hydrogen (secondary N) is 1. The van der Waals surface area contributed by atoms with Crippen LogP contribution in [0.15, 0.2) is 24.3 Å². The molecule has 176 valence electrons. The molecule has 0 amide bonds. The van der Waals surface area contributed by atoms with Gasteiger partial charge in [-0.25, -0.2) is 8.78 Å². The lowest BCUT2D eigenvalue weighted by Gasteiger charge is -2.28. The quantitative estimate of drug-likeness (QED) is 0.405. The first-order valence-corrected chi connectivity index (χ1v) is 10.8. The minimum absolute atomic E-state index is 0.0664. The fraction of sp³-hybridized carbons (Fsp3) is 0.409. The molecule has 1 unspecified atom stereocenters. The number of hydrogen-bond donors (Lipinski definition) is 2. The van der Waals surface area contributed by atoms with Crippen molar-refractivity contribution in [2.24, 2.45) is 0 Å². The molecule has 0 aliphatic rings. The Bertz CT molecular complexity index is 1020. The van der Waals surface area contributed by atoms with Gasteiger partial charge >= 0.3 is 12.1 Å². The third-order valence-corrected chi connectivity index (χ3v) is 6.47. The lowest BCUT2D eigenvalue weighted by atomic mass is 9.90. The van der Waals surface area contributed by atoms with Gasteiger partial charge in [0, 0.05) is 16.9 Å². The second-order valence-electron chi connectivity index (χ2n) is 8.44. The number of aryl methyl sites for hydroxylation is 1. The second-order valence-corrected chi connectivity index (χ2v) is 10.4. The Kier molecular flexibility index (Phi) is 7.63. The molecule has 10 heteroatoms. The highest BCUT2D eigenvalue weighted by Crippen LogP contribution is 2.40. The fourth-order valence-corrected chi connectivity index (χ4v) is 4.03. The smallest absolute Gasteiger partial charge is 0.419 e. The molecule has 2 N–H and O–H groups in total. The van der Waals surface area contributed by atoms with Gasteiger partial charge in [-0.2, -0.15) is 13.2 Å². The van der Waals surface area contributed by atoms with Crippen LogP contribution in [0.5, 0.6) is 0 Å². The first-order chi connectivity index (χ1) is 14.5. The van der Waals surface area contributed by atoms with Gasteiger partial charge in [-0.15, -0.1) is 4.72 Å². The number of carboxylic acid groups (broad SMARTS) is 1. The molecule has 0 saturated carbocycles. The van der Waals surface area contributed by atoms with Crippen molar-refractivity contribution in [3.05, 3.63) is 58.2 Å². The minimum Gasteiger partial charge on any atom is -0.598 e. The zero-order valence-corrected chi connectivity index (χ0v) is 19.0. The van der Waals surface area contributed by atoms with Crippen LogP contribution in [-0.2, 0) is 22.3 Å². The molecule has 0 aliphatic heterocycles. The van der Waals surface area contributed by atoms with Crippen LogP contribution in [0.2, 0.25) is 0 Å². The van der Waals surface area contributed by atoms with Crippen molar-refractivity contribution >= 4 is 17.3 Å². The highest BCUT2D eigenvalue weighted by Gasteiger charge is 2.39. The maximum Gasteiger partial charge on any atom is 0.419 e. The van der Waals surface area contributed by atoms with Gasteiger partial charge in [-0.1, -0.05) is 6.07 Å². The molecule has 2 atom stereocenters. The molecular formula is C22H24F5NO3S. The molecule has 2 aromatic carbocycles. The van der Waals surface area contributed by atoms with Crippen molar-refractivity contribution in [3.63, 3.8) is 0 Å². The SMILES string of the molecule is Cc1ccc(F)c(C)c1-c1cc(C(CC(=O)O)N[S@+]([O-])C(C)(C)C)c(F)c(C(F)(F)F)c1. The molecule has 0 aromatic heterocycles. The van der Waals surface area contributed by atoms with Crippen LogP contribution in [0.4, 0.5) is 22.0 Å². The summed E-state index contributed by atoms with van der Waals surface area (Å²) >= 11 is -1.91. The maximum absolute atomic E-state index is 15.1. The van der Waals surface area contributed by atoms with Gasteiger partial charge in [0.1, 0.15) is 16.4 Å². The van der Waals surface area contributed by atoms with Crippen LogP contribution in [0.25, 0.3) is 11.1 Å². The Morgan fingerprint density at radius 3 is 2.25 bits per heavy atom. The van der Waals surface area contributed by atoms with E-state index >= 15 is 4.39 Å². The summed E-state index contributed by atoms with van der Waals surface area (Å²) in [7, 11) is 0. The number of rotatable bonds is 6. The molecule has 32 heavy (non-hydrogen) atoms. The van der Waals surface area contributed by atoms with Crippen molar-refractivity contribution in [1.82, 2.24) is 4.72 Å². The third kappa shape index (κ3) is 5.79. The fourth-order valence-electron chi connectivity index (χ4n) is 3.21. The van der Waals surface area contributed by atoms with Crippen molar-refractivity contribution in [1.29, 1.82) is 0 Å². The third-order valence-electron chi connectivity index (χ3n) is 4.86. The summed E-state index contributed by atoms with van der Waals surface area (Å²) in [5.41, 5.74) is -1.69. The Morgan fingerprint density at radius 1 is 1.16 bits per heavy atom. The summed E-state index contributed by atoms with van der Waals surface area (Å²) < 4.78 is 84.3. The van der Waals surface area contributed by atoms with E-state index in [1.807, 2.05) is 0 Å². The number of hydrogen-bond acceptors (Lipinski definition) is 3. The van der Waals surface area contributed by atoms with Gasteiger partial charge in [0.15, 0.2) is 0 Å². The highest BCUT2D eigenvalue weighted by atomic mass is 32.2. The van der Waals surface area contributed by atoms with Crippen LogP contribution in [-0.4, -0.2) is 20.4 Å². The van der Waals surface area contributed by atoms with Crippen molar-refractivity contribution < 1.29 is 36.4 Å². The minimum atomic E-state index is -5.10. The van der Waals surface area contributed by atoms with E-state index in [0.29, 0.717) is 11.6 Å². The Morgan fingerprint density at radius 2 is 1.75 bits per heavy atom. The number of carbonyl (C=O) groups is 1. The molecule has 0 heterocycles. The van der Waals surface area contributed by atoms with E-state index in [-0.39, 0.29) is 16.7 Å². The summed E-state index contributed by atoms with van der Waals surface area (Å²) in [5, 5.41) is 9.26. The van der Waals surface area contributed by atoms with Gasteiger partial charge < -0.3 is 9.66 Å². The predicted molar refractivity (Wildman–Crippen MR) is 112 cm³/mol. The average molecular weight is 477 g/mol. The monoisotopic (exact) mass is 477 g/mol. The Hall–Kier alpha value is -2.17. The summed E-state index contributed by atoms with van der Waals surface area (Å²) in [5.74, 6) is -3.75. The molecule has 2 rings (SSSR count). The van der Waals surface area contributed by atoms with Crippen LogP contribution >= 0.6 is 0 Å². The molecule has 0 aliphatic carbocycles. The molecule has 0 bridgehead atoms. The molecule has 0 spiro atoms. The highest BCUT2D eigenvalue weighted by molar-refractivity contribution is 7.90. The number of halogens is 5. The van der Waals surface area contributed by atoms with Crippen LogP contribution in [0.3, 0.4) is 0 Å². The topological polar surface area (TPSA) is 72.4 Å². The summed E-state index contributed by atoms with van der Waals surface area (Å²) in [4.78, 5) is 11.4. The van der Waals surface area contributed by atoms with E-state index in [9.17, 15) is 32.0 Å². The van der Waals surface area contributed by atoms with Gasteiger partial charge in [-0.05, 0) is 75.1 Å². The van der Waals surface area contributed by atoms with E-state index in [2.05, 4.69) is 4.72 Å². The lowest BCUT2D eigenvalue weighted by Crippen LogP contribution is -2.42. The van der Waals surface area contributed by atoms with Gasteiger partial charge in [-0.3, -0.25) is 4.79 Å². The molecule has 0 radical (unpaired) electrons. The van der Waals surface area contributed by atoms with Gasteiger partial charge in [0.05, 0.1) is 18.0 Å². The maximum atomic E-state index is 15.1. The average Bonchev–Trinajstić information content (AvgIpc) is 2.63. The predicted octanol–water partition coefficient (Wildman–Crippen LogP) is 5.84. The van der Waals surface area contributed by atoms with Crippen molar-refractivity contribution in [3.8, 4) is 11.1 Å². The number of benzene rings is 2. The van der Waals surface area contributed by atoms with E-state index in [4.69, 9.17) is 0 Å². The Balaban J connectivity index is 2.82. The number of carboxylic acids is 1. The normalized spacial score (nSPS) is 14.3. The lowest BCUT2D eigenvalue weighted by molar-refractivity contribution is -0.140. The van der Waals surface area contributed by atoms with Crippen LogP contribution in [0.1, 0.15) is 55.5 Å². The number of alkyl halides is 3. The molecule has 0 saturated heterocycles. The summed E-state index contributed by atoms with van der Waals surface area (Å²) in [6, 6.07) is 2.66. The molecule has 0 fully saturated rings. The molecule has 2 aromatic rings. The summed E-state index contributed by atoms with van der Waals surface area (Å²) in [6.07, 6.45) is -5.92. The molecule has 4 nitrogen and oxygen atoms in total. The van der Waals surface area contributed by atoms with Crippen LogP contribution < -0.4 is 4.72 Å². The summed E-state index contributed by atoms with van der Waals surface area (Å²) in [6.45, 7) is 7.67. The van der Waals surface area contributed by atoms with Crippen molar-refractivity contribution in [2.45, 2.75) is 58.0 Å². The molecular weight excluding hydrogens is 453 g/mol. The zero-order valence-electron chi connectivity index (χ0n) is 18.2. The zero-order chi connectivity index (χ0) is 24.6. The first kappa shape index (κ1) is 26.1.